The van der Waals surface area contributed by atoms with E-state index in [1.165, 1.54) is 12.1 Å². The van der Waals surface area contributed by atoms with Gasteiger partial charge in [0, 0.05) is 12.8 Å². The Bertz CT molecular complexity index is 415. The number of hydrogen-bond acceptors (Lipinski definition) is 2. The molecule has 0 radical (unpaired) electrons. The Morgan fingerprint density at radius 3 is 2.74 bits per heavy atom. The Kier molecular flexibility index (Phi) is 6.54. The van der Waals surface area contributed by atoms with Crippen LogP contribution in [0.5, 0.6) is 5.75 Å². The Morgan fingerprint density at radius 2 is 2.11 bits per heavy atom. The van der Waals surface area contributed by atoms with Crippen LogP contribution in [0.3, 0.4) is 0 Å². The maximum absolute atomic E-state index is 13.3. The Hall–Kier alpha value is -1.38. The predicted octanol–water partition coefficient (Wildman–Crippen LogP) is 4.16. The smallest absolute Gasteiger partial charge is 0.133 e. The van der Waals surface area contributed by atoms with Gasteiger partial charge in [-0.3, -0.25) is 4.79 Å². The molecule has 0 bridgehead atoms. The summed E-state index contributed by atoms with van der Waals surface area (Å²) < 4.78 is 18.8. The summed E-state index contributed by atoms with van der Waals surface area (Å²) in [7, 11) is 0. The molecule has 0 amide bonds. The van der Waals surface area contributed by atoms with Gasteiger partial charge in [-0.15, -0.1) is 0 Å². The number of ether oxygens (including phenoxy) is 1. The zero-order valence-electron chi connectivity index (χ0n) is 12.0. The largest absolute Gasteiger partial charge is 0.494 e. The molecular weight excluding hydrogens is 243 g/mol. The fraction of sp³-hybridized carbons (Fsp3) is 0.562. The molecule has 1 atom stereocenters. The van der Waals surface area contributed by atoms with Crippen LogP contribution in [0.25, 0.3) is 0 Å². The molecule has 1 rings (SSSR count). The van der Waals surface area contributed by atoms with Gasteiger partial charge in [0.1, 0.15) is 17.3 Å². The average Bonchev–Trinajstić information content (AvgIpc) is 2.32. The molecule has 0 aromatic heterocycles. The van der Waals surface area contributed by atoms with Gasteiger partial charge in [-0.05, 0) is 49.4 Å². The quantitative estimate of drug-likeness (QED) is 0.706. The van der Waals surface area contributed by atoms with Crippen LogP contribution in [-0.2, 0) is 11.2 Å². The third kappa shape index (κ3) is 5.41. The summed E-state index contributed by atoms with van der Waals surface area (Å²) in [6.07, 6.45) is 2.74. The van der Waals surface area contributed by atoms with E-state index in [-0.39, 0.29) is 17.5 Å². The standard InChI is InChI=1S/C16H23FO2/c1-4-6-15(18)10-12(3)9-13-11-14(17)7-8-16(13)19-5-2/h7-8,11-12H,4-6,9-10H2,1-3H3. The first kappa shape index (κ1) is 15.7. The van der Waals surface area contributed by atoms with Crippen LogP contribution in [-0.4, -0.2) is 12.4 Å². The molecule has 0 N–H and O–H groups in total. The van der Waals surface area contributed by atoms with E-state index in [0.29, 0.717) is 25.9 Å². The summed E-state index contributed by atoms with van der Waals surface area (Å²) in [6, 6.07) is 4.57. The van der Waals surface area contributed by atoms with Crippen molar-refractivity contribution in [3.63, 3.8) is 0 Å². The van der Waals surface area contributed by atoms with E-state index in [4.69, 9.17) is 4.74 Å². The number of carbonyl (C=O) groups excluding carboxylic acids is 1. The minimum Gasteiger partial charge on any atom is -0.494 e. The summed E-state index contributed by atoms with van der Waals surface area (Å²) >= 11 is 0. The monoisotopic (exact) mass is 266 g/mol. The fourth-order valence-corrected chi connectivity index (χ4v) is 2.22. The van der Waals surface area contributed by atoms with Crippen molar-refractivity contribution in [3.05, 3.63) is 29.6 Å². The van der Waals surface area contributed by atoms with Gasteiger partial charge in [0.15, 0.2) is 0 Å². The van der Waals surface area contributed by atoms with Gasteiger partial charge < -0.3 is 4.74 Å². The minimum absolute atomic E-state index is 0.208. The molecule has 1 aromatic rings. The molecule has 0 aliphatic carbocycles. The average molecular weight is 266 g/mol. The number of hydrogen-bond donors (Lipinski definition) is 0. The van der Waals surface area contributed by atoms with Crippen molar-refractivity contribution in [1.29, 1.82) is 0 Å². The van der Waals surface area contributed by atoms with Gasteiger partial charge in [-0.2, -0.15) is 0 Å². The molecule has 2 nitrogen and oxygen atoms in total. The van der Waals surface area contributed by atoms with Crippen molar-refractivity contribution in [3.8, 4) is 5.75 Å². The molecule has 0 saturated carbocycles. The lowest BCUT2D eigenvalue weighted by Crippen LogP contribution is -2.09. The van der Waals surface area contributed by atoms with Crippen molar-refractivity contribution in [2.24, 2.45) is 5.92 Å². The third-order valence-electron chi connectivity index (χ3n) is 3.00. The van der Waals surface area contributed by atoms with E-state index < -0.39 is 0 Å². The molecule has 3 heteroatoms. The first-order chi connectivity index (χ1) is 9.06. The highest BCUT2D eigenvalue weighted by molar-refractivity contribution is 5.78. The van der Waals surface area contributed by atoms with E-state index in [1.54, 1.807) is 6.07 Å². The predicted molar refractivity (Wildman–Crippen MR) is 75.0 cm³/mol. The molecule has 1 unspecified atom stereocenters. The van der Waals surface area contributed by atoms with Crippen molar-refractivity contribution in [2.75, 3.05) is 6.61 Å². The first-order valence-electron chi connectivity index (χ1n) is 6.99. The van der Waals surface area contributed by atoms with Crippen LogP contribution in [0.1, 0.15) is 45.6 Å². The molecule has 106 valence electrons. The lowest BCUT2D eigenvalue weighted by atomic mass is 9.94. The van der Waals surface area contributed by atoms with Crippen LogP contribution < -0.4 is 4.74 Å². The Balaban J connectivity index is 2.69. The molecule has 0 spiro atoms. The number of Topliss-reactive ketones (excluding diaryl/α,β-unsaturated/α-hetero) is 1. The number of benzene rings is 1. The number of halogens is 1. The van der Waals surface area contributed by atoms with Crippen molar-refractivity contribution >= 4 is 5.78 Å². The zero-order chi connectivity index (χ0) is 14.3. The van der Waals surface area contributed by atoms with E-state index >= 15 is 0 Å². The molecule has 0 aliphatic rings. The van der Waals surface area contributed by atoms with Gasteiger partial charge in [0.2, 0.25) is 0 Å². The second-order valence-electron chi connectivity index (χ2n) is 4.99. The van der Waals surface area contributed by atoms with Crippen molar-refractivity contribution in [1.82, 2.24) is 0 Å². The molecule has 19 heavy (non-hydrogen) atoms. The normalized spacial score (nSPS) is 12.2. The van der Waals surface area contributed by atoms with Crippen LogP contribution in [0, 0.1) is 11.7 Å². The SMILES string of the molecule is CCCC(=O)CC(C)Cc1cc(F)ccc1OCC. The molecule has 0 saturated heterocycles. The molecule has 0 heterocycles. The Morgan fingerprint density at radius 1 is 1.37 bits per heavy atom. The summed E-state index contributed by atoms with van der Waals surface area (Å²) in [5, 5.41) is 0. The summed E-state index contributed by atoms with van der Waals surface area (Å²) in [4.78, 5) is 11.6. The van der Waals surface area contributed by atoms with Crippen LogP contribution in [0.2, 0.25) is 0 Å². The highest BCUT2D eigenvalue weighted by atomic mass is 19.1. The topological polar surface area (TPSA) is 26.3 Å². The van der Waals surface area contributed by atoms with Crippen LogP contribution >= 0.6 is 0 Å². The van der Waals surface area contributed by atoms with E-state index in [2.05, 4.69) is 0 Å². The maximum Gasteiger partial charge on any atom is 0.133 e. The Labute approximate surface area is 115 Å². The second kappa shape index (κ2) is 7.93. The molecule has 0 fully saturated rings. The summed E-state index contributed by atoms with van der Waals surface area (Å²) in [5.74, 6) is 0.952. The van der Waals surface area contributed by atoms with Crippen molar-refractivity contribution in [2.45, 2.75) is 46.5 Å². The van der Waals surface area contributed by atoms with Crippen molar-refractivity contribution < 1.29 is 13.9 Å². The second-order valence-corrected chi connectivity index (χ2v) is 4.99. The molecule has 1 aromatic carbocycles. The number of ketones is 1. The lowest BCUT2D eigenvalue weighted by Gasteiger charge is -2.14. The van der Waals surface area contributed by atoms with Gasteiger partial charge in [-0.25, -0.2) is 4.39 Å². The van der Waals surface area contributed by atoms with E-state index in [9.17, 15) is 9.18 Å². The summed E-state index contributed by atoms with van der Waals surface area (Å²) in [6.45, 7) is 6.49. The number of rotatable bonds is 8. The van der Waals surface area contributed by atoms with Crippen LogP contribution in [0.15, 0.2) is 18.2 Å². The van der Waals surface area contributed by atoms with E-state index in [1.807, 2.05) is 20.8 Å². The minimum atomic E-state index is -0.259. The maximum atomic E-state index is 13.3. The van der Waals surface area contributed by atoms with Gasteiger partial charge in [0.05, 0.1) is 6.61 Å². The van der Waals surface area contributed by atoms with Crippen LogP contribution in [0.4, 0.5) is 4.39 Å². The fourth-order valence-electron chi connectivity index (χ4n) is 2.22. The van der Waals surface area contributed by atoms with Gasteiger partial charge in [0.25, 0.3) is 0 Å². The summed E-state index contributed by atoms with van der Waals surface area (Å²) in [5.41, 5.74) is 0.846. The third-order valence-corrected chi connectivity index (χ3v) is 3.00. The molecule has 0 aliphatic heterocycles. The van der Waals surface area contributed by atoms with Gasteiger partial charge in [-0.1, -0.05) is 13.8 Å². The first-order valence-corrected chi connectivity index (χ1v) is 6.99. The molecular formula is C16H23FO2. The highest BCUT2D eigenvalue weighted by Crippen LogP contribution is 2.24. The number of carbonyl (C=O) groups is 1. The highest BCUT2D eigenvalue weighted by Gasteiger charge is 2.13. The zero-order valence-corrected chi connectivity index (χ0v) is 12.0. The van der Waals surface area contributed by atoms with E-state index in [0.717, 1.165) is 17.7 Å². The lowest BCUT2D eigenvalue weighted by molar-refractivity contribution is -0.119. The van der Waals surface area contributed by atoms with Gasteiger partial charge >= 0.3 is 0 Å².